The summed E-state index contributed by atoms with van der Waals surface area (Å²) in [7, 11) is 3.14. The Hall–Kier alpha value is -4.29. The molecule has 1 aliphatic heterocycles. The number of benzene rings is 2. The van der Waals surface area contributed by atoms with Gasteiger partial charge in [-0.3, -0.25) is 4.68 Å². The molecule has 0 aliphatic carbocycles. The molecule has 2 aromatic heterocycles. The third-order valence-electron chi connectivity index (χ3n) is 6.50. The number of aliphatic hydroxyl groups excluding tert-OH is 1. The average Bonchev–Trinajstić information content (AvgIpc) is 3.37. The summed E-state index contributed by atoms with van der Waals surface area (Å²) in [6.07, 6.45) is 5.50. The molecule has 3 heterocycles. The molecule has 0 bridgehead atoms. The molecule has 2 aromatic carbocycles. The van der Waals surface area contributed by atoms with Crippen LogP contribution in [0, 0.1) is 5.82 Å². The van der Waals surface area contributed by atoms with Crippen molar-refractivity contribution in [2.75, 3.05) is 25.6 Å². The van der Waals surface area contributed by atoms with E-state index in [2.05, 4.69) is 25.7 Å². The predicted octanol–water partition coefficient (Wildman–Crippen LogP) is 3.34. The smallest absolute Gasteiger partial charge is 0.413 e. The molecule has 11 nitrogen and oxygen atoms in total. The van der Waals surface area contributed by atoms with Crippen LogP contribution in [0.5, 0.6) is 11.5 Å². The van der Waals surface area contributed by atoms with Gasteiger partial charge in [0.15, 0.2) is 11.6 Å². The van der Waals surface area contributed by atoms with Crippen LogP contribution in [0.25, 0.3) is 10.9 Å². The molecular weight excluding hydrogens is 507 g/mol. The summed E-state index contributed by atoms with van der Waals surface area (Å²) in [5.74, 6) is 0.265. The summed E-state index contributed by atoms with van der Waals surface area (Å²) in [5, 5.41) is 20.4. The highest BCUT2D eigenvalue weighted by molar-refractivity contribution is 5.81. The summed E-state index contributed by atoms with van der Waals surface area (Å²) in [6.45, 7) is 0.515. The number of aromatic nitrogens is 4. The number of hydrogen-bond donors (Lipinski definition) is 3. The largest absolute Gasteiger partial charge is 0.494 e. The summed E-state index contributed by atoms with van der Waals surface area (Å²) in [6, 6.07) is 8.89. The monoisotopic (exact) mass is 536 g/mol. The van der Waals surface area contributed by atoms with Crippen molar-refractivity contribution >= 4 is 22.9 Å². The zero-order valence-electron chi connectivity index (χ0n) is 21.5. The van der Waals surface area contributed by atoms with Crippen LogP contribution in [-0.2, 0) is 11.8 Å². The van der Waals surface area contributed by atoms with E-state index in [1.165, 1.54) is 19.2 Å². The van der Waals surface area contributed by atoms with Gasteiger partial charge in [0.1, 0.15) is 5.75 Å². The van der Waals surface area contributed by atoms with Crippen LogP contribution in [-0.4, -0.2) is 63.4 Å². The minimum Gasteiger partial charge on any atom is -0.494 e. The number of halogens is 1. The van der Waals surface area contributed by atoms with Crippen LogP contribution in [0.2, 0.25) is 0 Å². The molecule has 1 aliphatic rings. The lowest BCUT2D eigenvalue weighted by Crippen LogP contribution is -2.36. The maximum absolute atomic E-state index is 14.5. The van der Waals surface area contributed by atoms with Gasteiger partial charge in [-0.2, -0.15) is 5.10 Å². The second kappa shape index (κ2) is 11.6. The van der Waals surface area contributed by atoms with E-state index in [0.717, 1.165) is 11.8 Å². The zero-order valence-corrected chi connectivity index (χ0v) is 21.5. The summed E-state index contributed by atoms with van der Waals surface area (Å²) >= 11 is 0. The Labute approximate surface area is 223 Å². The van der Waals surface area contributed by atoms with Gasteiger partial charge in [-0.25, -0.2) is 19.2 Å². The molecule has 0 saturated carbocycles. The molecule has 0 spiro atoms. The van der Waals surface area contributed by atoms with Gasteiger partial charge in [0.25, 0.3) is 0 Å². The molecule has 4 aromatic rings. The number of carbonyl (C=O) groups is 1. The number of hydrogen-bond acceptors (Lipinski definition) is 9. The lowest BCUT2D eigenvalue weighted by atomic mass is 10.0. The van der Waals surface area contributed by atoms with Crippen molar-refractivity contribution in [3.05, 3.63) is 71.9 Å². The highest BCUT2D eigenvalue weighted by atomic mass is 19.1. The molecular formula is C27H29FN6O5. The number of nitrogens with one attached hydrogen (secondary N) is 2. The quantitative estimate of drug-likeness (QED) is 0.310. The minimum absolute atomic E-state index is 0.0332. The third kappa shape index (κ3) is 6.24. The lowest BCUT2D eigenvalue weighted by molar-refractivity contribution is -0.0213. The number of rotatable bonds is 8. The molecule has 5 rings (SSSR count). The van der Waals surface area contributed by atoms with Gasteiger partial charge < -0.3 is 30.0 Å². The maximum atomic E-state index is 14.5. The van der Waals surface area contributed by atoms with Gasteiger partial charge in [0, 0.05) is 49.1 Å². The second-order valence-electron chi connectivity index (χ2n) is 9.26. The average molecular weight is 537 g/mol. The molecule has 39 heavy (non-hydrogen) atoms. The fourth-order valence-electron chi connectivity index (χ4n) is 4.52. The number of amides is 1. The van der Waals surface area contributed by atoms with Crippen molar-refractivity contribution in [3.63, 3.8) is 0 Å². The predicted molar refractivity (Wildman–Crippen MR) is 140 cm³/mol. The van der Waals surface area contributed by atoms with Crippen molar-refractivity contribution < 1.29 is 28.5 Å². The van der Waals surface area contributed by atoms with Gasteiger partial charge >= 0.3 is 6.09 Å². The third-order valence-corrected chi connectivity index (χ3v) is 6.50. The van der Waals surface area contributed by atoms with Gasteiger partial charge in [0.05, 0.1) is 37.6 Å². The second-order valence-corrected chi connectivity index (χ2v) is 9.26. The van der Waals surface area contributed by atoms with Crippen LogP contribution >= 0.6 is 0 Å². The van der Waals surface area contributed by atoms with E-state index >= 15 is 0 Å². The summed E-state index contributed by atoms with van der Waals surface area (Å²) < 4.78 is 32.1. The van der Waals surface area contributed by atoms with Crippen molar-refractivity contribution in [1.82, 2.24) is 25.1 Å². The standard InChI is InChI=1S/C27H29FN6O5/c1-34-14-18(13-30-34)25(16-4-6-24(37-2)22(28)9-16)33-27(36)39-20-5-3-17-12-29-26(32-23(17)11-20)31-19-7-8-38-21(10-19)15-35/h3-6,9,11-14,19,21,25,35H,7-8,10,15H2,1-2H3,(H,33,36)(H,29,31,32)/t19-,21+,25+/m1/s1. The normalized spacial score (nSPS) is 17.9. The number of fused-ring (bicyclic) bond motifs is 1. The number of aliphatic hydroxyl groups is 1. The topological polar surface area (TPSA) is 133 Å². The fraction of sp³-hybridized carbons (Fsp3) is 0.333. The fourth-order valence-corrected chi connectivity index (χ4v) is 4.52. The van der Waals surface area contributed by atoms with E-state index < -0.39 is 18.0 Å². The Morgan fingerprint density at radius 2 is 2.13 bits per heavy atom. The molecule has 1 saturated heterocycles. The van der Waals surface area contributed by atoms with Crippen LogP contribution in [0.4, 0.5) is 15.1 Å². The minimum atomic E-state index is -0.732. The first-order valence-corrected chi connectivity index (χ1v) is 12.5. The zero-order chi connectivity index (χ0) is 27.4. The van der Waals surface area contributed by atoms with E-state index in [-0.39, 0.29) is 30.3 Å². The van der Waals surface area contributed by atoms with Gasteiger partial charge in [-0.15, -0.1) is 0 Å². The number of carbonyl (C=O) groups excluding carboxylic acids is 1. The summed E-state index contributed by atoms with van der Waals surface area (Å²) in [5.41, 5.74) is 1.74. The summed E-state index contributed by atoms with van der Waals surface area (Å²) in [4.78, 5) is 21.9. The number of nitrogens with zero attached hydrogens (tertiary/aromatic N) is 4. The van der Waals surface area contributed by atoms with E-state index in [0.29, 0.717) is 35.6 Å². The maximum Gasteiger partial charge on any atom is 0.413 e. The Bertz CT molecular complexity index is 1460. The van der Waals surface area contributed by atoms with Crippen LogP contribution in [0.3, 0.4) is 0 Å². The number of ether oxygens (including phenoxy) is 3. The number of methoxy groups -OCH3 is 1. The first-order valence-electron chi connectivity index (χ1n) is 12.5. The number of aryl methyl sites for hydroxylation is 1. The Morgan fingerprint density at radius 3 is 2.87 bits per heavy atom. The molecule has 1 amide bonds. The first-order chi connectivity index (χ1) is 18.9. The van der Waals surface area contributed by atoms with Crippen molar-refractivity contribution in [3.8, 4) is 11.5 Å². The van der Waals surface area contributed by atoms with E-state index in [1.54, 1.807) is 54.6 Å². The van der Waals surface area contributed by atoms with Gasteiger partial charge in [0.2, 0.25) is 5.95 Å². The Morgan fingerprint density at radius 1 is 1.26 bits per heavy atom. The van der Waals surface area contributed by atoms with E-state index in [4.69, 9.17) is 14.2 Å². The molecule has 12 heteroatoms. The SMILES string of the molecule is COc1ccc([C@H](NC(=O)Oc2ccc3cnc(N[C@@H]4CCO[C@H](CO)C4)nc3c2)c2cnn(C)c2)cc1F. The Kier molecular flexibility index (Phi) is 7.84. The highest BCUT2D eigenvalue weighted by Gasteiger charge is 2.23. The van der Waals surface area contributed by atoms with E-state index in [9.17, 15) is 14.3 Å². The molecule has 3 atom stereocenters. The van der Waals surface area contributed by atoms with E-state index in [1.807, 2.05) is 0 Å². The van der Waals surface area contributed by atoms with Crippen LogP contribution < -0.4 is 20.1 Å². The van der Waals surface area contributed by atoms with Crippen LogP contribution in [0.1, 0.15) is 30.0 Å². The molecule has 0 unspecified atom stereocenters. The number of anilines is 1. The lowest BCUT2D eigenvalue weighted by Gasteiger charge is -2.28. The first kappa shape index (κ1) is 26.3. The molecule has 1 fully saturated rings. The highest BCUT2D eigenvalue weighted by Crippen LogP contribution is 2.27. The van der Waals surface area contributed by atoms with Gasteiger partial charge in [-0.1, -0.05) is 6.07 Å². The van der Waals surface area contributed by atoms with Gasteiger partial charge in [-0.05, 0) is 42.7 Å². The molecule has 204 valence electrons. The Balaban J connectivity index is 1.32. The molecule has 0 radical (unpaired) electrons. The van der Waals surface area contributed by atoms with Crippen molar-refractivity contribution in [2.24, 2.45) is 7.05 Å². The molecule has 3 N–H and O–H groups in total. The van der Waals surface area contributed by atoms with Crippen molar-refractivity contribution in [2.45, 2.75) is 31.0 Å². The van der Waals surface area contributed by atoms with Crippen LogP contribution in [0.15, 0.2) is 55.0 Å². The van der Waals surface area contributed by atoms with Crippen molar-refractivity contribution in [1.29, 1.82) is 0 Å².